The van der Waals surface area contributed by atoms with Crippen LogP contribution < -0.4 is 0 Å². The molecule has 0 N–H and O–H groups in total. The molecule has 0 aliphatic carbocycles. The van der Waals surface area contributed by atoms with Gasteiger partial charge in [0.25, 0.3) is 0 Å². The number of hydrogen-bond donors (Lipinski definition) is 0. The summed E-state index contributed by atoms with van der Waals surface area (Å²) in [6, 6.07) is 11.7. The first kappa shape index (κ1) is 17.0. The monoisotopic (exact) mass is 324 g/mol. The fourth-order valence-corrected chi connectivity index (χ4v) is 10.3. The molecule has 1 saturated heterocycles. The summed E-state index contributed by atoms with van der Waals surface area (Å²) in [5, 5.41) is 0. The van der Waals surface area contributed by atoms with Crippen LogP contribution in [0.4, 0.5) is 0 Å². The lowest BCUT2D eigenvalue weighted by molar-refractivity contribution is 0.259. The molecule has 1 aromatic rings. The highest BCUT2D eigenvalue weighted by Gasteiger charge is 2.55. The summed E-state index contributed by atoms with van der Waals surface area (Å²) in [7, 11) is -2.22. The van der Waals surface area contributed by atoms with Crippen molar-refractivity contribution in [3.63, 3.8) is 0 Å². The maximum atomic E-state index is 7.40. The van der Waals surface area contributed by atoms with Crippen LogP contribution in [0.5, 0.6) is 0 Å². The second kappa shape index (κ2) is 5.69. The molecule has 21 heavy (non-hydrogen) atoms. The second-order valence-electron chi connectivity index (χ2n) is 8.03. The Balaban J connectivity index is 2.39. The largest absolute Gasteiger partial charge is 0.312 e. The van der Waals surface area contributed by atoms with Crippen LogP contribution in [0.1, 0.15) is 47.1 Å². The minimum Gasteiger partial charge on any atom is -0.293 e. The van der Waals surface area contributed by atoms with Crippen molar-refractivity contribution in [2.75, 3.05) is 13.1 Å². The predicted octanol–water partition coefficient (Wildman–Crippen LogP) is 4.16. The molecular weight excluding hydrogens is 296 g/mol. The van der Waals surface area contributed by atoms with Crippen LogP contribution in [-0.2, 0) is 6.04 Å². The van der Waals surface area contributed by atoms with E-state index in [9.17, 15) is 0 Å². The van der Waals surface area contributed by atoms with Crippen molar-refractivity contribution >= 4 is 18.8 Å². The summed E-state index contributed by atoms with van der Waals surface area (Å²) in [5.41, 5.74) is 1.58. The van der Waals surface area contributed by atoms with Crippen LogP contribution in [0.2, 0.25) is 0 Å². The molecule has 2 nitrogen and oxygen atoms in total. The van der Waals surface area contributed by atoms with Gasteiger partial charge < -0.3 is 0 Å². The van der Waals surface area contributed by atoms with E-state index in [-0.39, 0.29) is 11.1 Å². The van der Waals surface area contributed by atoms with E-state index in [1.165, 1.54) is 5.56 Å². The van der Waals surface area contributed by atoms with E-state index < -0.39 is 7.71 Å². The first-order valence-electron chi connectivity index (χ1n) is 7.83. The van der Waals surface area contributed by atoms with Gasteiger partial charge in [0.2, 0.25) is 0 Å². The molecule has 4 heteroatoms. The third-order valence-electron chi connectivity index (χ3n) is 4.27. The van der Waals surface area contributed by atoms with E-state index in [2.05, 4.69) is 81.0 Å². The lowest BCUT2D eigenvalue weighted by Crippen LogP contribution is -2.65. The van der Waals surface area contributed by atoms with Gasteiger partial charge in [0.05, 0.1) is 0 Å². The number of rotatable bonds is 2. The van der Waals surface area contributed by atoms with Gasteiger partial charge in [-0.25, -0.2) is 0 Å². The van der Waals surface area contributed by atoms with Crippen LogP contribution >= 0.6 is 11.1 Å². The van der Waals surface area contributed by atoms with E-state index in [4.69, 9.17) is 11.1 Å². The molecule has 2 rings (SSSR count). The van der Waals surface area contributed by atoms with Gasteiger partial charge >= 0.3 is 7.71 Å². The summed E-state index contributed by atoms with van der Waals surface area (Å²) in [6.07, 6.45) is 0. The molecule has 0 bridgehead atoms. The van der Waals surface area contributed by atoms with E-state index in [1.54, 1.807) is 0 Å². The first-order chi connectivity index (χ1) is 9.55. The van der Waals surface area contributed by atoms with Crippen molar-refractivity contribution in [1.29, 1.82) is 0 Å². The maximum absolute atomic E-state index is 7.40. The van der Waals surface area contributed by atoms with Crippen LogP contribution in [0, 0.1) is 0 Å². The molecule has 1 aromatic carbocycles. The van der Waals surface area contributed by atoms with Gasteiger partial charge in [0, 0.05) is 30.2 Å². The number of hydrogen-bond acceptors (Lipinski definition) is 2. The van der Waals surface area contributed by atoms with Gasteiger partial charge in [-0.2, -0.15) is 0 Å². The molecule has 1 fully saturated rings. The Morgan fingerprint density at radius 1 is 0.905 bits per heavy atom. The summed E-state index contributed by atoms with van der Waals surface area (Å²) in [4.78, 5) is 0. The zero-order chi connectivity index (χ0) is 15.9. The van der Waals surface area contributed by atoms with Crippen molar-refractivity contribution < 1.29 is 0 Å². The fraction of sp³-hybridized carbons (Fsp3) is 0.647. The Kier molecular flexibility index (Phi) is 4.61. The third-order valence-corrected chi connectivity index (χ3v) is 10.2. The zero-order valence-electron chi connectivity index (χ0n) is 14.3. The minimum atomic E-state index is -2.22. The Morgan fingerprint density at radius 2 is 1.33 bits per heavy atom. The Labute approximate surface area is 136 Å². The Bertz CT molecular complexity index is 454. The zero-order valence-corrected chi connectivity index (χ0v) is 16.0. The minimum absolute atomic E-state index is 0.114. The van der Waals surface area contributed by atoms with Crippen LogP contribution in [0.3, 0.4) is 0 Å². The van der Waals surface area contributed by atoms with Gasteiger partial charge in [-0.05, 0) is 47.1 Å². The second-order valence-corrected chi connectivity index (χ2v) is 12.7. The highest BCUT2D eigenvalue weighted by molar-refractivity contribution is 7.17. The fourth-order valence-electron chi connectivity index (χ4n) is 3.43. The predicted molar refractivity (Wildman–Crippen MR) is 94.7 cm³/mol. The molecule has 0 amide bonds. The topological polar surface area (TPSA) is 6.48 Å². The van der Waals surface area contributed by atoms with E-state index >= 15 is 0 Å². The Morgan fingerprint density at radius 3 is 1.71 bits per heavy atom. The van der Waals surface area contributed by atoms with Crippen molar-refractivity contribution in [3.05, 3.63) is 35.9 Å². The molecule has 0 radical (unpaired) electrons. The molecule has 0 unspecified atom stereocenters. The van der Waals surface area contributed by atoms with Crippen LogP contribution in [-0.4, -0.2) is 41.0 Å². The average Bonchev–Trinajstić information content (AvgIpc) is 2.67. The first-order valence-corrected chi connectivity index (χ1v) is 10.9. The third kappa shape index (κ3) is 3.53. The van der Waals surface area contributed by atoms with Crippen LogP contribution in [0.15, 0.2) is 30.3 Å². The molecule has 0 spiro atoms. The van der Waals surface area contributed by atoms with Crippen LogP contribution in [0.25, 0.3) is 0 Å². The van der Waals surface area contributed by atoms with Crippen molar-refractivity contribution in [1.82, 2.24) is 9.13 Å². The van der Waals surface area contributed by atoms with Crippen molar-refractivity contribution in [3.8, 4) is 0 Å². The number of benzene rings is 1. The molecule has 0 saturated carbocycles. The van der Waals surface area contributed by atoms with Gasteiger partial charge in [-0.3, -0.25) is 9.13 Å². The molecule has 0 aromatic heterocycles. The average molecular weight is 325 g/mol. The lowest BCUT2D eigenvalue weighted by atomic mass is 10.1. The van der Waals surface area contributed by atoms with E-state index in [0.717, 1.165) is 19.1 Å². The van der Waals surface area contributed by atoms with E-state index in [0.29, 0.717) is 0 Å². The molecule has 1 aliphatic heterocycles. The number of halogens is 1. The number of nitrogens with zero attached hydrogens (tertiary/aromatic N) is 2. The lowest BCUT2D eigenvalue weighted by Gasteiger charge is -2.47. The standard InChI is InChI=1S/C17H29ClN2Si/c1-16(2,3)19-12-13-20(17(4,5)6)21(19,18)14-15-10-8-7-9-11-15/h7-11H,12-14H2,1-6H3. The van der Waals surface area contributed by atoms with Gasteiger partial charge in [-0.1, -0.05) is 30.3 Å². The highest BCUT2D eigenvalue weighted by atomic mass is 35.6. The highest BCUT2D eigenvalue weighted by Crippen LogP contribution is 2.39. The Hall–Kier alpha value is -0.353. The molecule has 1 aliphatic rings. The van der Waals surface area contributed by atoms with E-state index in [1.807, 2.05) is 0 Å². The van der Waals surface area contributed by atoms with Crippen molar-refractivity contribution in [2.24, 2.45) is 0 Å². The summed E-state index contributed by atoms with van der Waals surface area (Å²) in [6.45, 7) is 15.9. The normalized spacial score (nSPS) is 20.9. The summed E-state index contributed by atoms with van der Waals surface area (Å²) < 4.78 is 5.17. The molecule has 1 heterocycles. The summed E-state index contributed by atoms with van der Waals surface area (Å²) >= 11 is 7.40. The molecule has 0 atom stereocenters. The van der Waals surface area contributed by atoms with Gasteiger partial charge in [-0.15, -0.1) is 11.1 Å². The van der Waals surface area contributed by atoms with Gasteiger partial charge in [0.15, 0.2) is 0 Å². The van der Waals surface area contributed by atoms with Gasteiger partial charge in [0.1, 0.15) is 0 Å². The smallest absolute Gasteiger partial charge is 0.293 e. The summed E-state index contributed by atoms with van der Waals surface area (Å²) in [5.74, 6) is 0. The molecular formula is C17H29ClN2Si. The maximum Gasteiger partial charge on any atom is 0.312 e. The quantitative estimate of drug-likeness (QED) is 0.595. The molecule has 118 valence electrons. The SMILES string of the molecule is CC(C)(C)N1CCN(C(C)(C)C)[Si]1(Cl)Cc1ccccc1. The van der Waals surface area contributed by atoms with Crippen molar-refractivity contribution in [2.45, 2.75) is 58.7 Å².